The highest BCUT2D eigenvalue weighted by Gasteiger charge is 2.04. The zero-order valence-electron chi connectivity index (χ0n) is 9.78. The maximum Gasteiger partial charge on any atom is 0.175 e. The van der Waals surface area contributed by atoms with Crippen molar-refractivity contribution in [3.63, 3.8) is 0 Å². The first-order chi connectivity index (χ1) is 9.04. The highest BCUT2D eigenvalue weighted by molar-refractivity contribution is 7.80. The average Bonchev–Trinajstić information content (AvgIpc) is 2.37. The molecule has 0 saturated heterocycles. The lowest BCUT2D eigenvalue weighted by molar-refractivity contribution is 1.59. The Morgan fingerprint density at radius 2 is 1.68 bits per heavy atom. The zero-order valence-corrected chi connectivity index (χ0v) is 12.1. The van der Waals surface area contributed by atoms with Gasteiger partial charge in [0.05, 0.1) is 10.7 Å². The molecule has 6 heteroatoms. The van der Waals surface area contributed by atoms with Crippen molar-refractivity contribution >= 4 is 57.6 Å². The van der Waals surface area contributed by atoms with E-state index < -0.39 is 0 Å². The first-order valence-corrected chi connectivity index (χ1v) is 6.59. The van der Waals surface area contributed by atoms with Gasteiger partial charge in [0.15, 0.2) is 5.11 Å². The Labute approximate surface area is 126 Å². The number of hydrogen-bond donors (Lipinski definition) is 3. The van der Waals surface area contributed by atoms with E-state index in [0.29, 0.717) is 26.5 Å². The minimum atomic E-state index is 0.425. The van der Waals surface area contributed by atoms with Gasteiger partial charge in [0.1, 0.15) is 0 Å². The number of anilines is 3. The SMILES string of the molecule is Nc1ccc(NC(=S)Nc2cc(Cl)ccc2Cl)cc1. The molecule has 4 N–H and O–H groups in total. The van der Waals surface area contributed by atoms with Gasteiger partial charge >= 0.3 is 0 Å². The first-order valence-electron chi connectivity index (χ1n) is 5.43. The molecular formula is C13H11Cl2N3S. The van der Waals surface area contributed by atoms with Crippen LogP contribution in [0.3, 0.4) is 0 Å². The van der Waals surface area contributed by atoms with E-state index in [1.807, 2.05) is 12.1 Å². The summed E-state index contributed by atoms with van der Waals surface area (Å²) in [6.45, 7) is 0. The Morgan fingerprint density at radius 1 is 1.00 bits per heavy atom. The molecule has 3 nitrogen and oxygen atoms in total. The first kappa shape index (κ1) is 13.9. The number of rotatable bonds is 2. The highest BCUT2D eigenvalue weighted by Crippen LogP contribution is 2.25. The third-order valence-corrected chi connectivity index (χ3v) is 3.11. The van der Waals surface area contributed by atoms with Crippen LogP contribution in [0.5, 0.6) is 0 Å². The van der Waals surface area contributed by atoms with E-state index in [1.54, 1.807) is 30.3 Å². The molecule has 0 atom stereocenters. The highest BCUT2D eigenvalue weighted by atomic mass is 35.5. The van der Waals surface area contributed by atoms with Gasteiger partial charge in [0.2, 0.25) is 0 Å². The van der Waals surface area contributed by atoms with Crippen molar-refractivity contribution in [2.45, 2.75) is 0 Å². The van der Waals surface area contributed by atoms with Crippen LogP contribution >= 0.6 is 35.4 Å². The minimum Gasteiger partial charge on any atom is -0.399 e. The molecule has 0 unspecified atom stereocenters. The monoisotopic (exact) mass is 311 g/mol. The maximum absolute atomic E-state index is 6.04. The molecule has 98 valence electrons. The quantitative estimate of drug-likeness (QED) is 0.569. The van der Waals surface area contributed by atoms with Gasteiger partial charge in [-0.3, -0.25) is 0 Å². The predicted molar refractivity (Wildman–Crippen MR) is 87.2 cm³/mol. The standard InChI is InChI=1S/C13H11Cl2N3S/c14-8-1-6-11(15)12(7-8)18-13(19)17-10-4-2-9(16)3-5-10/h1-7H,16H2,(H2,17,18,19). The summed E-state index contributed by atoms with van der Waals surface area (Å²) in [6.07, 6.45) is 0. The van der Waals surface area contributed by atoms with Crippen molar-refractivity contribution < 1.29 is 0 Å². The molecular weight excluding hydrogens is 301 g/mol. The van der Waals surface area contributed by atoms with Crippen LogP contribution in [-0.4, -0.2) is 5.11 Å². The number of nitrogens with two attached hydrogens (primary N) is 1. The van der Waals surface area contributed by atoms with Crippen LogP contribution in [0.15, 0.2) is 42.5 Å². The molecule has 0 aliphatic rings. The van der Waals surface area contributed by atoms with Crippen molar-refractivity contribution in [1.82, 2.24) is 0 Å². The van der Waals surface area contributed by atoms with E-state index in [2.05, 4.69) is 10.6 Å². The normalized spacial score (nSPS) is 10.0. The van der Waals surface area contributed by atoms with Crippen LogP contribution in [0.4, 0.5) is 17.1 Å². The Morgan fingerprint density at radius 3 is 2.37 bits per heavy atom. The number of benzene rings is 2. The number of thiocarbonyl (C=S) groups is 1. The summed E-state index contributed by atoms with van der Waals surface area (Å²) in [5.41, 5.74) is 7.80. The Hall–Kier alpha value is -1.49. The third kappa shape index (κ3) is 3.99. The average molecular weight is 312 g/mol. The summed E-state index contributed by atoms with van der Waals surface area (Å²) < 4.78 is 0. The Balaban J connectivity index is 2.05. The molecule has 2 aromatic rings. The molecule has 0 bridgehead atoms. The molecule has 19 heavy (non-hydrogen) atoms. The number of halogens is 2. The lowest BCUT2D eigenvalue weighted by Gasteiger charge is -2.12. The van der Waals surface area contributed by atoms with Crippen molar-refractivity contribution in [2.75, 3.05) is 16.4 Å². The van der Waals surface area contributed by atoms with Crippen LogP contribution < -0.4 is 16.4 Å². The lowest BCUT2D eigenvalue weighted by atomic mass is 10.3. The second-order valence-electron chi connectivity index (χ2n) is 3.83. The van der Waals surface area contributed by atoms with E-state index in [9.17, 15) is 0 Å². The summed E-state index contributed by atoms with van der Waals surface area (Å²) in [5.74, 6) is 0. The molecule has 2 aromatic carbocycles. The topological polar surface area (TPSA) is 50.1 Å². The van der Waals surface area contributed by atoms with E-state index >= 15 is 0 Å². The van der Waals surface area contributed by atoms with Gasteiger partial charge in [0, 0.05) is 16.4 Å². The van der Waals surface area contributed by atoms with Gasteiger partial charge in [-0.25, -0.2) is 0 Å². The fourth-order valence-electron chi connectivity index (χ4n) is 1.44. The van der Waals surface area contributed by atoms with Crippen molar-refractivity contribution in [3.8, 4) is 0 Å². The summed E-state index contributed by atoms with van der Waals surface area (Å²) in [4.78, 5) is 0. The molecule has 0 fully saturated rings. The second-order valence-corrected chi connectivity index (χ2v) is 5.08. The Bertz CT molecular complexity index is 599. The minimum absolute atomic E-state index is 0.425. The molecule has 0 aliphatic carbocycles. The molecule has 0 aliphatic heterocycles. The molecule has 0 radical (unpaired) electrons. The Kier molecular flexibility index (Phi) is 4.47. The predicted octanol–water partition coefficient (Wildman–Crippen LogP) is 4.38. The molecule has 2 rings (SSSR count). The number of nitrogen functional groups attached to an aromatic ring is 1. The van der Waals surface area contributed by atoms with E-state index in [1.165, 1.54) is 0 Å². The van der Waals surface area contributed by atoms with Crippen molar-refractivity contribution in [2.24, 2.45) is 0 Å². The van der Waals surface area contributed by atoms with Crippen LogP contribution in [-0.2, 0) is 0 Å². The summed E-state index contributed by atoms with van der Waals surface area (Å²) >= 11 is 17.1. The second kappa shape index (κ2) is 6.10. The van der Waals surface area contributed by atoms with Gasteiger partial charge in [-0.15, -0.1) is 0 Å². The van der Waals surface area contributed by atoms with Gasteiger partial charge in [-0.2, -0.15) is 0 Å². The van der Waals surface area contributed by atoms with Gasteiger partial charge < -0.3 is 16.4 Å². The molecule has 0 amide bonds. The van der Waals surface area contributed by atoms with Gasteiger partial charge in [0.25, 0.3) is 0 Å². The number of nitrogens with one attached hydrogen (secondary N) is 2. The number of hydrogen-bond acceptors (Lipinski definition) is 2. The van der Waals surface area contributed by atoms with Crippen LogP contribution in [0, 0.1) is 0 Å². The molecule has 0 aromatic heterocycles. The fraction of sp³-hybridized carbons (Fsp3) is 0. The van der Waals surface area contributed by atoms with Crippen LogP contribution in [0.2, 0.25) is 10.0 Å². The lowest BCUT2D eigenvalue weighted by Crippen LogP contribution is -2.19. The van der Waals surface area contributed by atoms with Crippen molar-refractivity contribution in [1.29, 1.82) is 0 Å². The molecule has 0 saturated carbocycles. The smallest absolute Gasteiger partial charge is 0.175 e. The summed E-state index contributed by atoms with van der Waals surface area (Å²) in [7, 11) is 0. The van der Waals surface area contributed by atoms with E-state index in [-0.39, 0.29) is 0 Å². The van der Waals surface area contributed by atoms with Crippen LogP contribution in [0.1, 0.15) is 0 Å². The molecule has 0 heterocycles. The fourth-order valence-corrected chi connectivity index (χ4v) is 2.01. The van der Waals surface area contributed by atoms with Gasteiger partial charge in [-0.05, 0) is 54.7 Å². The summed E-state index contributed by atoms with van der Waals surface area (Å²) in [5, 5.41) is 7.57. The van der Waals surface area contributed by atoms with E-state index in [4.69, 9.17) is 41.2 Å². The van der Waals surface area contributed by atoms with Crippen LogP contribution in [0.25, 0.3) is 0 Å². The van der Waals surface area contributed by atoms with Crippen molar-refractivity contribution in [3.05, 3.63) is 52.5 Å². The zero-order chi connectivity index (χ0) is 13.8. The largest absolute Gasteiger partial charge is 0.399 e. The summed E-state index contributed by atoms with van der Waals surface area (Å²) in [6, 6.07) is 12.4. The maximum atomic E-state index is 6.04. The van der Waals surface area contributed by atoms with E-state index in [0.717, 1.165) is 5.69 Å². The molecule has 0 spiro atoms. The van der Waals surface area contributed by atoms with Gasteiger partial charge in [-0.1, -0.05) is 23.2 Å². The third-order valence-electron chi connectivity index (χ3n) is 2.35.